The van der Waals surface area contributed by atoms with Crippen LogP contribution in [0.25, 0.3) is 0 Å². The van der Waals surface area contributed by atoms with E-state index in [0.717, 1.165) is 11.1 Å². The number of ether oxygens (including phenoxy) is 2. The highest BCUT2D eigenvalue weighted by Gasteiger charge is 2.25. The first-order chi connectivity index (χ1) is 15.7. The van der Waals surface area contributed by atoms with Crippen molar-refractivity contribution in [2.24, 2.45) is 0 Å². The normalized spacial score (nSPS) is 13.1. The lowest BCUT2D eigenvalue weighted by Crippen LogP contribution is -2.44. The molecule has 33 heavy (non-hydrogen) atoms. The quantitative estimate of drug-likeness (QED) is 0.260. The van der Waals surface area contributed by atoms with Gasteiger partial charge in [-0.15, -0.1) is 0 Å². The van der Waals surface area contributed by atoms with E-state index in [2.05, 4.69) is 5.32 Å². The smallest absolute Gasteiger partial charge is 0.408 e. The molecule has 0 radical (unpaired) electrons. The largest absolute Gasteiger partial charge is 0.459 e. The summed E-state index contributed by atoms with van der Waals surface area (Å²) in [6, 6.07) is 17.7. The molecule has 2 aromatic carbocycles. The van der Waals surface area contributed by atoms with Crippen molar-refractivity contribution in [2.75, 3.05) is 6.61 Å². The Morgan fingerprint density at radius 2 is 1.48 bits per heavy atom. The number of amides is 1. The number of rotatable bonds is 12. The highest BCUT2D eigenvalue weighted by atomic mass is 31.1. The molecule has 0 aliphatic heterocycles. The molecule has 0 bridgehead atoms. The SMILES string of the molecule is CC(C)(C)OC(=O)NC(CCCO[PH](=O)OCc1ccccc1)C(=O)OCc1ccccc1. The summed E-state index contributed by atoms with van der Waals surface area (Å²) in [6.45, 7) is 5.57. The van der Waals surface area contributed by atoms with Crippen LogP contribution in [0.2, 0.25) is 0 Å². The molecular weight excluding hydrogens is 445 g/mol. The number of carbonyl (C=O) groups excluding carboxylic acids is 2. The fourth-order valence-electron chi connectivity index (χ4n) is 2.73. The van der Waals surface area contributed by atoms with Crippen LogP contribution in [0.15, 0.2) is 60.7 Å². The third-order valence-corrected chi connectivity index (χ3v) is 5.08. The van der Waals surface area contributed by atoms with E-state index >= 15 is 0 Å². The minimum atomic E-state index is -2.68. The van der Waals surface area contributed by atoms with Gasteiger partial charge in [-0.1, -0.05) is 60.7 Å². The molecule has 0 saturated heterocycles. The van der Waals surface area contributed by atoms with Crippen molar-refractivity contribution in [3.05, 3.63) is 71.8 Å². The van der Waals surface area contributed by atoms with Gasteiger partial charge in [0.25, 0.3) is 0 Å². The fourth-order valence-corrected chi connectivity index (χ4v) is 3.41. The second-order valence-electron chi connectivity index (χ2n) is 8.31. The standard InChI is InChI=1S/C24H32NO7P/c1-24(2,3)32-23(27)25-21(22(26)29-17-19-11-6-4-7-12-19)15-10-16-30-33(28)31-18-20-13-8-5-9-14-20/h4-9,11-14,21,33H,10,15-18H2,1-3H3,(H,25,27). The number of alkyl carbamates (subject to hydrolysis) is 1. The van der Waals surface area contributed by atoms with Crippen molar-refractivity contribution in [1.29, 1.82) is 0 Å². The van der Waals surface area contributed by atoms with Gasteiger partial charge >= 0.3 is 20.3 Å². The predicted molar refractivity (Wildman–Crippen MR) is 125 cm³/mol. The minimum absolute atomic E-state index is 0.0870. The second kappa shape index (κ2) is 13.8. The molecule has 0 spiro atoms. The molecular formula is C24H32NO7P. The average Bonchev–Trinajstić information content (AvgIpc) is 2.78. The third-order valence-electron chi connectivity index (χ3n) is 4.26. The van der Waals surface area contributed by atoms with Crippen LogP contribution in [0.1, 0.15) is 44.7 Å². The van der Waals surface area contributed by atoms with Crippen molar-refractivity contribution in [2.45, 2.75) is 58.5 Å². The zero-order chi connectivity index (χ0) is 24.1. The maximum Gasteiger partial charge on any atom is 0.408 e. The Labute approximate surface area is 195 Å². The monoisotopic (exact) mass is 477 g/mol. The van der Waals surface area contributed by atoms with Gasteiger partial charge in [-0.25, -0.2) is 9.59 Å². The van der Waals surface area contributed by atoms with Gasteiger partial charge in [0, 0.05) is 0 Å². The van der Waals surface area contributed by atoms with Gasteiger partial charge in [0.2, 0.25) is 0 Å². The lowest BCUT2D eigenvalue weighted by atomic mass is 10.1. The van der Waals surface area contributed by atoms with Crippen LogP contribution in [-0.2, 0) is 41.1 Å². The molecule has 0 saturated carbocycles. The summed E-state index contributed by atoms with van der Waals surface area (Å²) in [5.74, 6) is -0.585. The Kier molecular flexibility index (Phi) is 11.1. The first-order valence-electron chi connectivity index (χ1n) is 10.8. The molecule has 1 amide bonds. The Morgan fingerprint density at radius 1 is 0.909 bits per heavy atom. The minimum Gasteiger partial charge on any atom is -0.459 e. The molecule has 2 atom stereocenters. The van der Waals surface area contributed by atoms with Crippen molar-refractivity contribution in [1.82, 2.24) is 5.32 Å². The summed E-state index contributed by atoms with van der Waals surface area (Å²) in [5, 5.41) is 2.55. The van der Waals surface area contributed by atoms with Crippen LogP contribution in [0.5, 0.6) is 0 Å². The molecule has 0 aromatic heterocycles. The maximum atomic E-state index is 12.6. The van der Waals surface area contributed by atoms with E-state index in [1.807, 2.05) is 60.7 Å². The molecule has 2 unspecified atom stereocenters. The Hall–Kier alpha value is -2.67. The number of hydrogen-bond donors (Lipinski definition) is 1. The van der Waals surface area contributed by atoms with Gasteiger partial charge in [-0.05, 0) is 44.7 Å². The highest BCUT2D eigenvalue weighted by molar-refractivity contribution is 7.33. The van der Waals surface area contributed by atoms with E-state index in [-0.39, 0.29) is 26.2 Å². The molecule has 2 rings (SSSR count). The summed E-state index contributed by atoms with van der Waals surface area (Å²) in [7, 11) is -2.68. The van der Waals surface area contributed by atoms with Gasteiger partial charge < -0.3 is 23.8 Å². The molecule has 8 nitrogen and oxygen atoms in total. The van der Waals surface area contributed by atoms with Crippen LogP contribution in [0, 0.1) is 0 Å². The third kappa shape index (κ3) is 11.7. The fraction of sp³-hybridized carbons (Fsp3) is 0.417. The lowest BCUT2D eigenvalue weighted by Gasteiger charge is -2.23. The lowest BCUT2D eigenvalue weighted by molar-refractivity contribution is -0.147. The molecule has 9 heteroatoms. The zero-order valence-corrected chi connectivity index (χ0v) is 20.2. The number of benzene rings is 2. The van der Waals surface area contributed by atoms with E-state index < -0.39 is 32.0 Å². The average molecular weight is 477 g/mol. The van der Waals surface area contributed by atoms with Crippen LogP contribution in [-0.4, -0.2) is 30.3 Å². The topological polar surface area (TPSA) is 100 Å². The molecule has 0 aliphatic rings. The van der Waals surface area contributed by atoms with E-state index in [9.17, 15) is 14.2 Å². The van der Waals surface area contributed by atoms with Crippen LogP contribution >= 0.6 is 8.25 Å². The Balaban J connectivity index is 1.81. The predicted octanol–water partition coefficient (Wildman–Crippen LogP) is 5.03. The first-order valence-corrected chi connectivity index (χ1v) is 12.0. The van der Waals surface area contributed by atoms with Crippen molar-refractivity contribution < 1.29 is 32.7 Å². The molecule has 0 heterocycles. The van der Waals surface area contributed by atoms with E-state index in [4.69, 9.17) is 18.5 Å². The Bertz CT molecular complexity index is 885. The van der Waals surface area contributed by atoms with Gasteiger partial charge in [-0.2, -0.15) is 0 Å². The van der Waals surface area contributed by atoms with Gasteiger partial charge in [0.05, 0.1) is 13.2 Å². The number of esters is 1. The summed E-state index contributed by atoms with van der Waals surface area (Å²) in [5.41, 5.74) is 1.02. The number of carbonyl (C=O) groups is 2. The van der Waals surface area contributed by atoms with Crippen molar-refractivity contribution >= 4 is 20.3 Å². The molecule has 0 fully saturated rings. The van der Waals surface area contributed by atoms with Gasteiger partial charge in [0.1, 0.15) is 18.2 Å². The van der Waals surface area contributed by atoms with Crippen molar-refractivity contribution in [3.8, 4) is 0 Å². The summed E-state index contributed by atoms with van der Waals surface area (Å²) in [6.07, 6.45) is -0.142. The van der Waals surface area contributed by atoms with E-state index in [0.29, 0.717) is 6.42 Å². The summed E-state index contributed by atoms with van der Waals surface area (Å²) in [4.78, 5) is 24.8. The van der Waals surface area contributed by atoms with Crippen LogP contribution in [0.3, 0.4) is 0 Å². The summed E-state index contributed by atoms with van der Waals surface area (Å²) >= 11 is 0. The molecule has 1 N–H and O–H groups in total. The van der Waals surface area contributed by atoms with E-state index in [1.54, 1.807) is 20.8 Å². The molecule has 0 aliphatic carbocycles. The maximum absolute atomic E-state index is 12.6. The van der Waals surface area contributed by atoms with Gasteiger partial charge in [0.15, 0.2) is 0 Å². The Morgan fingerprint density at radius 3 is 2.06 bits per heavy atom. The van der Waals surface area contributed by atoms with Gasteiger partial charge in [-0.3, -0.25) is 4.57 Å². The first kappa shape index (κ1) is 26.6. The number of hydrogen-bond acceptors (Lipinski definition) is 7. The van der Waals surface area contributed by atoms with Crippen LogP contribution in [0.4, 0.5) is 4.79 Å². The highest BCUT2D eigenvalue weighted by Crippen LogP contribution is 2.26. The molecule has 180 valence electrons. The summed E-state index contributed by atoms with van der Waals surface area (Å²) < 4.78 is 33.0. The zero-order valence-electron chi connectivity index (χ0n) is 19.2. The second-order valence-corrected chi connectivity index (χ2v) is 9.38. The number of nitrogens with one attached hydrogen (secondary N) is 1. The van der Waals surface area contributed by atoms with E-state index in [1.165, 1.54) is 0 Å². The van der Waals surface area contributed by atoms with Crippen LogP contribution < -0.4 is 5.32 Å². The van der Waals surface area contributed by atoms with Crippen molar-refractivity contribution in [3.63, 3.8) is 0 Å². The molecule has 2 aromatic rings.